The lowest BCUT2D eigenvalue weighted by molar-refractivity contribution is 0.102. The second-order valence-electron chi connectivity index (χ2n) is 7.86. The van der Waals surface area contributed by atoms with Crippen LogP contribution in [0.15, 0.2) is 39.6 Å². The SMILES string of the molecule is Cc1cc(C)c(NC(=O)c2ccc3c(c2)S(=O)(=O)N=C2CCCCCN23)c(C)c1. The van der Waals surface area contributed by atoms with E-state index in [1.54, 1.807) is 12.1 Å². The van der Waals surface area contributed by atoms with Crippen LogP contribution in [0.25, 0.3) is 0 Å². The Kier molecular flexibility index (Phi) is 4.94. The number of amides is 1. The quantitative estimate of drug-likeness (QED) is 0.797. The van der Waals surface area contributed by atoms with Crippen LogP contribution in [-0.4, -0.2) is 26.7 Å². The number of hydrogen-bond donors (Lipinski definition) is 1. The van der Waals surface area contributed by atoms with Crippen molar-refractivity contribution in [2.45, 2.75) is 51.3 Å². The molecule has 0 atom stereocenters. The Balaban J connectivity index is 1.70. The molecule has 2 aliphatic heterocycles. The lowest BCUT2D eigenvalue weighted by Gasteiger charge is -2.29. The minimum absolute atomic E-state index is 0.105. The van der Waals surface area contributed by atoms with Gasteiger partial charge in [0.25, 0.3) is 15.9 Å². The van der Waals surface area contributed by atoms with Crippen LogP contribution in [-0.2, 0) is 10.0 Å². The van der Waals surface area contributed by atoms with Crippen LogP contribution in [0.1, 0.15) is 52.7 Å². The van der Waals surface area contributed by atoms with Gasteiger partial charge in [-0.2, -0.15) is 8.42 Å². The Morgan fingerprint density at radius 3 is 2.48 bits per heavy atom. The Morgan fingerprint density at radius 1 is 1.03 bits per heavy atom. The van der Waals surface area contributed by atoms with Gasteiger partial charge < -0.3 is 10.2 Å². The Morgan fingerprint density at radius 2 is 1.76 bits per heavy atom. The first-order chi connectivity index (χ1) is 13.8. The van der Waals surface area contributed by atoms with Gasteiger partial charge in [-0.1, -0.05) is 24.1 Å². The molecule has 0 saturated carbocycles. The lowest BCUT2D eigenvalue weighted by atomic mass is 10.0. The summed E-state index contributed by atoms with van der Waals surface area (Å²) in [6.45, 7) is 6.65. The first-order valence-electron chi connectivity index (χ1n) is 9.91. The van der Waals surface area contributed by atoms with Gasteiger partial charge in [0.05, 0.1) is 5.69 Å². The van der Waals surface area contributed by atoms with Crippen molar-refractivity contribution in [2.24, 2.45) is 4.40 Å². The zero-order valence-electron chi connectivity index (χ0n) is 16.9. The van der Waals surface area contributed by atoms with Crippen LogP contribution in [0, 0.1) is 20.8 Å². The summed E-state index contributed by atoms with van der Waals surface area (Å²) in [5, 5.41) is 2.94. The number of fused-ring (bicyclic) bond motifs is 3. The maximum absolute atomic E-state index is 12.9. The third-order valence-electron chi connectivity index (χ3n) is 5.53. The Labute approximate surface area is 171 Å². The molecule has 1 saturated heterocycles. The minimum Gasteiger partial charge on any atom is -0.328 e. The van der Waals surface area contributed by atoms with Crippen LogP contribution in [0.2, 0.25) is 0 Å². The molecule has 0 spiro atoms. The molecule has 29 heavy (non-hydrogen) atoms. The van der Waals surface area contributed by atoms with Crippen LogP contribution >= 0.6 is 0 Å². The van der Waals surface area contributed by atoms with E-state index in [2.05, 4.69) is 9.71 Å². The van der Waals surface area contributed by atoms with E-state index in [-0.39, 0.29) is 10.8 Å². The zero-order chi connectivity index (χ0) is 20.8. The second kappa shape index (κ2) is 7.30. The highest BCUT2D eigenvalue weighted by Gasteiger charge is 2.32. The van der Waals surface area contributed by atoms with Crippen LogP contribution in [0.5, 0.6) is 0 Å². The smallest absolute Gasteiger partial charge is 0.286 e. The van der Waals surface area contributed by atoms with Gasteiger partial charge in [0, 0.05) is 24.2 Å². The second-order valence-corrected chi connectivity index (χ2v) is 9.43. The molecular weight excluding hydrogens is 386 g/mol. The van der Waals surface area contributed by atoms with E-state index in [1.807, 2.05) is 37.8 Å². The summed E-state index contributed by atoms with van der Waals surface area (Å²) in [7, 11) is -3.81. The van der Waals surface area contributed by atoms with E-state index in [4.69, 9.17) is 0 Å². The van der Waals surface area contributed by atoms with Crippen LogP contribution in [0.3, 0.4) is 0 Å². The molecule has 2 heterocycles. The van der Waals surface area contributed by atoms with Crippen molar-refractivity contribution in [3.05, 3.63) is 52.6 Å². The third-order valence-corrected chi connectivity index (χ3v) is 6.86. The molecule has 0 unspecified atom stereocenters. The van der Waals surface area contributed by atoms with Gasteiger partial charge in [-0.25, -0.2) is 0 Å². The van der Waals surface area contributed by atoms with E-state index < -0.39 is 10.0 Å². The largest absolute Gasteiger partial charge is 0.328 e. The monoisotopic (exact) mass is 411 g/mol. The molecule has 6 nitrogen and oxygen atoms in total. The molecule has 2 aromatic rings. The fraction of sp³-hybridized carbons (Fsp3) is 0.364. The molecule has 0 bridgehead atoms. The molecular formula is C22H25N3O3S. The molecule has 152 valence electrons. The fourth-order valence-corrected chi connectivity index (χ4v) is 5.47. The average Bonchev–Trinajstić information content (AvgIpc) is 2.89. The Hall–Kier alpha value is -2.67. The predicted molar refractivity (Wildman–Crippen MR) is 115 cm³/mol. The maximum atomic E-state index is 12.9. The van der Waals surface area contributed by atoms with Crippen molar-refractivity contribution in [3.8, 4) is 0 Å². The minimum atomic E-state index is -3.81. The summed E-state index contributed by atoms with van der Waals surface area (Å²) >= 11 is 0. The third kappa shape index (κ3) is 3.67. The first kappa shape index (κ1) is 19.6. The van der Waals surface area contributed by atoms with E-state index >= 15 is 0 Å². The number of nitrogens with zero attached hydrogens (tertiary/aromatic N) is 2. The topological polar surface area (TPSA) is 78.8 Å². The molecule has 2 aromatic carbocycles. The molecule has 1 fully saturated rings. The number of benzene rings is 2. The van der Waals surface area contributed by atoms with E-state index in [0.717, 1.165) is 48.2 Å². The van der Waals surface area contributed by atoms with Crippen LogP contribution in [0.4, 0.5) is 11.4 Å². The highest BCUT2D eigenvalue weighted by atomic mass is 32.2. The lowest BCUT2D eigenvalue weighted by Crippen LogP contribution is -2.35. The van der Waals surface area contributed by atoms with Gasteiger partial charge in [0.1, 0.15) is 10.7 Å². The van der Waals surface area contributed by atoms with Crippen LogP contribution < -0.4 is 10.2 Å². The number of sulfonamides is 1. The molecule has 0 radical (unpaired) electrons. The standard InChI is InChI=1S/C22H25N3O3S/c1-14-11-15(2)21(16(3)12-14)23-22(26)17-8-9-18-19(13-17)29(27,28)24-20-7-5-4-6-10-25(18)20/h8-9,11-13H,4-7,10H2,1-3H3,(H,23,26). The van der Waals surface area contributed by atoms with E-state index in [0.29, 0.717) is 23.5 Å². The summed E-state index contributed by atoms with van der Waals surface area (Å²) in [6, 6.07) is 8.89. The van der Waals surface area contributed by atoms with E-state index in [1.165, 1.54) is 6.07 Å². The van der Waals surface area contributed by atoms with Crippen molar-refractivity contribution in [1.29, 1.82) is 0 Å². The highest BCUT2D eigenvalue weighted by Crippen LogP contribution is 2.35. The molecule has 0 aliphatic carbocycles. The molecule has 2 aliphatic rings. The summed E-state index contributed by atoms with van der Waals surface area (Å²) in [6.07, 6.45) is 3.65. The van der Waals surface area contributed by atoms with Gasteiger partial charge in [-0.3, -0.25) is 4.79 Å². The zero-order valence-corrected chi connectivity index (χ0v) is 17.8. The van der Waals surface area contributed by atoms with Gasteiger partial charge >= 0.3 is 0 Å². The van der Waals surface area contributed by atoms with Crippen molar-refractivity contribution in [3.63, 3.8) is 0 Å². The number of carbonyl (C=O) groups is 1. The van der Waals surface area contributed by atoms with Gasteiger partial charge in [-0.15, -0.1) is 4.40 Å². The number of nitrogens with one attached hydrogen (secondary N) is 1. The number of rotatable bonds is 2. The van der Waals surface area contributed by atoms with Crippen molar-refractivity contribution in [2.75, 3.05) is 16.8 Å². The van der Waals surface area contributed by atoms with Crippen molar-refractivity contribution in [1.82, 2.24) is 0 Å². The van der Waals surface area contributed by atoms with Crippen molar-refractivity contribution < 1.29 is 13.2 Å². The number of amidine groups is 1. The normalized spacial score (nSPS) is 17.6. The molecule has 7 heteroatoms. The van der Waals surface area contributed by atoms with Gasteiger partial charge in [-0.05, 0) is 62.9 Å². The Bertz CT molecular complexity index is 1110. The summed E-state index contributed by atoms with van der Waals surface area (Å²) in [5.74, 6) is 0.279. The molecule has 4 rings (SSSR count). The highest BCUT2D eigenvalue weighted by molar-refractivity contribution is 7.90. The fourth-order valence-electron chi connectivity index (χ4n) is 4.18. The van der Waals surface area contributed by atoms with E-state index in [9.17, 15) is 13.2 Å². The number of aryl methyl sites for hydroxylation is 3. The number of anilines is 2. The van der Waals surface area contributed by atoms with Crippen molar-refractivity contribution >= 4 is 33.1 Å². The summed E-state index contributed by atoms with van der Waals surface area (Å²) in [5.41, 5.74) is 4.76. The number of hydrogen-bond acceptors (Lipinski definition) is 4. The first-order valence-corrected chi connectivity index (χ1v) is 11.3. The van der Waals surface area contributed by atoms with Gasteiger partial charge in [0.2, 0.25) is 0 Å². The molecule has 1 amide bonds. The maximum Gasteiger partial charge on any atom is 0.286 e. The summed E-state index contributed by atoms with van der Waals surface area (Å²) < 4.78 is 29.6. The predicted octanol–water partition coefficient (Wildman–Crippen LogP) is 4.35. The average molecular weight is 412 g/mol. The molecule has 1 N–H and O–H groups in total. The molecule has 0 aromatic heterocycles. The van der Waals surface area contributed by atoms with Gasteiger partial charge in [0.15, 0.2) is 0 Å². The number of carbonyl (C=O) groups excluding carboxylic acids is 1. The summed E-state index contributed by atoms with van der Waals surface area (Å²) in [4.78, 5) is 15.0.